The molecule has 12 nitrogen and oxygen atoms in total. The summed E-state index contributed by atoms with van der Waals surface area (Å²) in [5.41, 5.74) is -0.516. The van der Waals surface area contributed by atoms with E-state index in [1.54, 1.807) is 6.92 Å². The van der Waals surface area contributed by atoms with Crippen LogP contribution in [0.15, 0.2) is 36.4 Å². The van der Waals surface area contributed by atoms with Crippen molar-refractivity contribution in [2.24, 2.45) is 0 Å². The van der Waals surface area contributed by atoms with Crippen molar-refractivity contribution in [2.45, 2.75) is 6.92 Å². The van der Waals surface area contributed by atoms with E-state index >= 15 is 0 Å². The summed E-state index contributed by atoms with van der Waals surface area (Å²) in [4.78, 5) is 42.1. The van der Waals surface area contributed by atoms with Crippen molar-refractivity contribution in [3.05, 3.63) is 72.3 Å². The lowest BCUT2D eigenvalue weighted by molar-refractivity contribution is -0.394. The number of carbonyl (C=O) groups is 1. The topological polar surface area (TPSA) is 168 Å². The normalized spacial score (nSPS) is 10.1. The Morgan fingerprint density at radius 2 is 1.56 bits per heavy atom. The van der Waals surface area contributed by atoms with Gasteiger partial charge in [-0.2, -0.15) is 0 Å². The van der Waals surface area contributed by atoms with Crippen LogP contribution in [0.4, 0.5) is 22.7 Å². The van der Waals surface area contributed by atoms with Gasteiger partial charge in [-0.05, 0) is 24.6 Å². The number of non-ortho nitro benzene ring substituents is 2. The molecule has 0 fully saturated rings. The number of hydrogen-bond donors (Lipinski definition) is 1. The number of carbonyl (C=O) groups excluding carboxylic acids is 1. The van der Waals surface area contributed by atoms with Crippen LogP contribution in [0.1, 0.15) is 5.56 Å². The highest BCUT2D eigenvalue weighted by Crippen LogP contribution is 2.31. The number of rotatable bonds is 7. The minimum absolute atomic E-state index is 0.136. The van der Waals surface area contributed by atoms with Gasteiger partial charge in [0.2, 0.25) is 0 Å². The molecule has 0 atom stereocenters. The molecule has 27 heavy (non-hydrogen) atoms. The number of nitrogens with zero attached hydrogens (tertiary/aromatic N) is 3. The molecule has 140 valence electrons. The number of anilines is 1. The molecule has 0 aliphatic rings. The molecule has 0 saturated heterocycles. The molecule has 1 N–H and O–H groups in total. The molecule has 0 unspecified atom stereocenters. The minimum Gasteiger partial charge on any atom is -0.477 e. The molecule has 0 heterocycles. The Kier molecular flexibility index (Phi) is 5.60. The van der Waals surface area contributed by atoms with E-state index in [1.165, 1.54) is 18.2 Å². The van der Waals surface area contributed by atoms with Gasteiger partial charge in [0.25, 0.3) is 17.3 Å². The fourth-order valence-electron chi connectivity index (χ4n) is 2.12. The zero-order valence-electron chi connectivity index (χ0n) is 13.8. The van der Waals surface area contributed by atoms with Crippen LogP contribution in [0.25, 0.3) is 0 Å². The van der Waals surface area contributed by atoms with Crippen molar-refractivity contribution in [2.75, 3.05) is 11.9 Å². The van der Waals surface area contributed by atoms with E-state index in [0.717, 1.165) is 18.2 Å². The average molecular weight is 376 g/mol. The number of amides is 1. The van der Waals surface area contributed by atoms with Gasteiger partial charge >= 0.3 is 5.69 Å². The average Bonchev–Trinajstić information content (AvgIpc) is 2.61. The van der Waals surface area contributed by atoms with Crippen molar-refractivity contribution in [3.8, 4) is 5.75 Å². The van der Waals surface area contributed by atoms with E-state index in [1.807, 2.05) is 0 Å². The van der Waals surface area contributed by atoms with Gasteiger partial charge in [-0.1, -0.05) is 0 Å². The predicted molar refractivity (Wildman–Crippen MR) is 91.7 cm³/mol. The molecule has 12 heteroatoms. The maximum absolute atomic E-state index is 12.0. The van der Waals surface area contributed by atoms with Gasteiger partial charge in [-0.25, -0.2) is 0 Å². The summed E-state index contributed by atoms with van der Waals surface area (Å²) < 4.78 is 5.08. The summed E-state index contributed by atoms with van der Waals surface area (Å²) in [6.45, 7) is 0.958. The first-order valence-corrected chi connectivity index (χ1v) is 7.29. The van der Waals surface area contributed by atoms with E-state index in [9.17, 15) is 35.1 Å². The zero-order chi connectivity index (χ0) is 20.1. The summed E-state index contributed by atoms with van der Waals surface area (Å²) in [7, 11) is 0. The summed E-state index contributed by atoms with van der Waals surface area (Å²) >= 11 is 0. The van der Waals surface area contributed by atoms with Gasteiger partial charge in [-0.15, -0.1) is 0 Å². The third kappa shape index (κ3) is 4.72. The van der Waals surface area contributed by atoms with Crippen LogP contribution in [0, 0.1) is 37.3 Å². The third-order valence-electron chi connectivity index (χ3n) is 3.40. The molecule has 0 bridgehead atoms. The predicted octanol–water partition coefficient (Wildman–Crippen LogP) is 2.74. The molecule has 1 amide bonds. The second kappa shape index (κ2) is 7.86. The zero-order valence-corrected chi connectivity index (χ0v) is 13.8. The molecule has 0 spiro atoms. The smallest absolute Gasteiger partial charge is 0.317 e. The fraction of sp³-hybridized carbons (Fsp3) is 0.133. The Bertz CT molecular complexity index is 943. The molecule has 0 aliphatic heterocycles. The second-order valence-corrected chi connectivity index (χ2v) is 5.26. The second-order valence-electron chi connectivity index (χ2n) is 5.26. The van der Waals surface area contributed by atoms with Crippen LogP contribution in [-0.4, -0.2) is 27.3 Å². The number of nitro groups is 3. The summed E-state index contributed by atoms with van der Waals surface area (Å²) in [5, 5.41) is 34.9. The Morgan fingerprint density at radius 3 is 2.11 bits per heavy atom. The van der Waals surface area contributed by atoms with Crippen molar-refractivity contribution >= 4 is 28.7 Å². The quantitative estimate of drug-likeness (QED) is 0.568. The van der Waals surface area contributed by atoms with Crippen LogP contribution in [0.5, 0.6) is 5.75 Å². The van der Waals surface area contributed by atoms with E-state index in [2.05, 4.69) is 5.32 Å². The van der Waals surface area contributed by atoms with Gasteiger partial charge in [0.1, 0.15) is 0 Å². The first-order chi connectivity index (χ1) is 12.7. The lowest BCUT2D eigenvalue weighted by Gasteiger charge is -2.09. The fourth-order valence-corrected chi connectivity index (χ4v) is 2.12. The molecule has 2 aromatic carbocycles. The third-order valence-corrected chi connectivity index (χ3v) is 3.40. The Hall–Kier alpha value is -4.09. The Labute approximate surface area is 150 Å². The maximum Gasteiger partial charge on any atom is 0.317 e. The maximum atomic E-state index is 12.0. The molecule has 2 rings (SSSR count). The van der Waals surface area contributed by atoms with E-state index in [-0.39, 0.29) is 11.4 Å². The van der Waals surface area contributed by atoms with Crippen LogP contribution < -0.4 is 10.1 Å². The molecule has 0 saturated carbocycles. The minimum atomic E-state index is -0.860. The van der Waals surface area contributed by atoms with Crippen LogP contribution in [-0.2, 0) is 4.79 Å². The van der Waals surface area contributed by atoms with Crippen LogP contribution in [0.2, 0.25) is 0 Å². The van der Waals surface area contributed by atoms with Crippen molar-refractivity contribution in [3.63, 3.8) is 0 Å². The SMILES string of the molecule is Cc1cc([N+](=O)[O-])ccc1NC(=O)COc1ccc([N+](=O)[O-])cc1[N+](=O)[O-]. The number of ether oxygens (including phenoxy) is 1. The highest BCUT2D eigenvalue weighted by Gasteiger charge is 2.21. The molecule has 0 aliphatic carbocycles. The number of nitro benzene ring substituents is 3. The largest absolute Gasteiger partial charge is 0.477 e. The van der Waals surface area contributed by atoms with Crippen molar-refractivity contribution in [1.29, 1.82) is 0 Å². The van der Waals surface area contributed by atoms with Crippen LogP contribution in [0.3, 0.4) is 0 Å². The van der Waals surface area contributed by atoms with Gasteiger partial charge in [0, 0.05) is 23.9 Å². The standard InChI is InChI=1S/C15H12N4O8/c1-9-6-10(17(21)22)2-4-12(9)16-15(20)8-27-14-5-3-11(18(23)24)7-13(14)19(25)26/h2-7H,8H2,1H3,(H,16,20). The van der Waals surface area contributed by atoms with E-state index < -0.39 is 38.7 Å². The monoisotopic (exact) mass is 376 g/mol. The van der Waals surface area contributed by atoms with Crippen molar-refractivity contribution < 1.29 is 24.3 Å². The Morgan fingerprint density at radius 1 is 0.963 bits per heavy atom. The van der Waals surface area contributed by atoms with Gasteiger partial charge < -0.3 is 10.1 Å². The van der Waals surface area contributed by atoms with E-state index in [0.29, 0.717) is 11.3 Å². The molecule has 0 aromatic heterocycles. The first kappa shape index (κ1) is 19.2. The highest BCUT2D eigenvalue weighted by molar-refractivity contribution is 5.92. The summed E-state index contributed by atoms with van der Waals surface area (Å²) in [6.07, 6.45) is 0. The van der Waals surface area contributed by atoms with Gasteiger partial charge in [0.05, 0.1) is 20.8 Å². The molecular weight excluding hydrogens is 364 g/mol. The van der Waals surface area contributed by atoms with Gasteiger partial charge in [-0.3, -0.25) is 35.1 Å². The number of benzene rings is 2. The lowest BCUT2D eigenvalue weighted by atomic mass is 10.2. The molecule has 2 aromatic rings. The first-order valence-electron chi connectivity index (χ1n) is 7.29. The number of aryl methyl sites for hydroxylation is 1. The molecular formula is C15H12N4O8. The highest BCUT2D eigenvalue weighted by atomic mass is 16.6. The lowest BCUT2D eigenvalue weighted by Crippen LogP contribution is -2.21. The Balaban J connectivity index is 2.09. The summed E-state index contributed by atoms with van der Waals surface area (Å²) in [5.74, 6) is -0.972. The van der Waals surface area contributed by atoms with Crippen LogP contribution >= 0.6 is 0 Å². The van der Waals surface area contributed by atoms with E-state index in [4.69, 9.17) is 4.74 Å². The number of hydrogen-bond acceptors (Lipinski definition) is 8. The number of nitrogens with one attached hydrogen (secondary N) is 1. The summed E-state index contributed by atoms with van der Waals surface area (Å²) in [6, 6.07) is 6.61. The van der Waals surface area contributed by atoms with Crippen molar-refractivity contribution in [1.82, 2.24) is 0 Å². The molecule has 0 radical (unpaired) electrons. The van der Waals surface area contributed by atoms with Gasteiger partial charge in [0.15, 0.2) is 12.4 Å².